The molecule has 1 aromatic carbocycles. The Hall–Kier alpha value is -1.95. The molecule has 1 unspecified atom stereocenters. The standard InChI is InChI=1S/C21H29FN4O/c1-14(2)25-11-8-15(9-12-25)21(27)26-10-4-3-5-19(26)20-23-17-7-6-16(22)13-18(17)24-20/h6-7,13-15,19H,3-5,8-12H2,1-2H3,(H,23,24). The fourth-order valence-electron chi connectivity index (χ4n) is 4.54. The van der Waals surface area contributed by atoms with Crippen LogP contribution in [0.25, 0.3) is 11.0 Å². The third-order valence-corrected chi connectivity index (χ3v) is 6.17. The number of hydrogen-bond acceptors (Lipinski definition) is 3. The Kier molecular flexibility index (Phi) is 5.17. The lowest BCUT2D eigenvalue weighted by Crippen LogP contribution is -2.47. The molecule has 4 rings (SSSR count). The zero-order chi connectivity index (χ0) is 19.0. The molecule has 27 heavy (non-hydrogen) atoms. The number of benzene rings is 1. The van der Waals surface area contributed by atoms with E-state index in [0.717, 1.165) is 63.1 Å². The summed E-state index contributed by atoms with van der Waals surface area (Å²) >= 11 is 0. The Labute approximate surface area is 159 Å². The summed E-state index contributed by atoms with van der Waals surface area (Å²) in [7, 11) is 0. The van der Waals surface area contributed by atoms with Gasteiger partial charge in [0.25, 0.3) is 0 Å². The van der Waals surface area contributed by atoms with Gasteiger partial charge in [-0.05, 0) is 77.2 Å². The average Bonchev–Trinajstić information content (AvgIpc) is 3.10. The van der Waals surface area contributed by atoms with Crippen LogP contribution in [0.15, 0.2) is 18.2 Å². The van der Waals surface area contributed by atoms with Gasteiger partial charge in [0.15, 0.2) is 0 Å². The molecule has 2 saturated heterocycles. The zero-order valence-electron chi connectivity index (χ0n) is 16.2. The minimum absolute atomic E-state index is 0.0233. The van der Waals surface area contributed by atoms with E-state index >= 15 is 0 Å². The summed E-state index contributed by atoms with van der Waals surface area (Å²) < 4.78 is 13.5. The first-order chi connectivity index (χ1) is 13.0. The predicted molar refractivity (Wildman–Crippen MR) is 104 cm³/mol. The molecule has 0 spiro atoms. The smallest absolute Gasteiger partial charge is 0.226 e. The molecule has 0 radical (unpaired) electrons. The second kappa shape index (κ2) is 7.58. The number of piperidine rings is 2. The van der Waals surface area contributed by atoms with Crippen molar-refractivity contribution in [3.05, 3.63) is 29.8 Å². The minimum Gasteiger partial charge on any atom is -0.340 e. The number of nitrogens with zero attached hydrogens (tertiary/aromatic N) is 3. The minimum atomic E-state index is -0.272. The van der Waals surface area contributed by atoms with E-state index in [-0.39, 0.29) is 23.7 Å². The molecule has 0 aliphatic carbocycles. The van der Waals surface area contributed by atoms with Crippen molar-refractivity contribution in [2.24, 2.45) is 5.92 Å². The average molecular weight is 372 g/mol. The molecule has 1 N–H and O–H groups in total. The fraction of sp³-hybridized carbons (Fsp3) is 0.619. The van der Waals surface area contributed by atoms with E-state index < -0.39 is 0 Å². The summed E-state index contributed by atoms with van der Waals surface area (Å²) in [5.74, 6) is 0.909. The number of H-pyrrole nitrogens is 1. The third-order valence-electron chi connectivity index (χ3n) is 6.17. The molecule has 0 bridgehead atoms. The lowest BCUT2D eigenvalue weighted by molar-refractivity contribution is -0.141. The van der Waals surface area contributed by atoms with Gasteiger partial charge in [-0.3, -0.25) is 4.79 Å². The van der Waals surface area contributed by atoms with Gasteiger partial charge in [-0.25, -0.2) is 9.37 Å². The van der Waals surface area contributed by atoms with Crippen LogP contribution >= 0.6 is 0 Å². The fourth-order valence-corrected chi connectivity index (χ4v) is 4.54. The molecule has 2 fully saturated rings. The van der Waals surface area contributed by atoms with Crippen LogP contribution in [0, 0.1) is 11.7 Å². The van der Waals surface area contributed by atoms with Gasteiger partial charge < -0.3 is 14.8 Å². The number of nitrogens with one attached hydrogen (secondary N) is 1. The summed E-state index contributed by atoms with van der Waals surface area (Å²) in [4.78, 5) is 25.7. The van der Waals surface area contributed by atoms with E-state index in [1.165, 1.54) is 12.1 Å². The number of imidazole rings is 1. The molecular weight excluding hydrogens is 343 g/mol. The second-order valence-electron chi connectivity index (χ2n) is 8.23. The van der Waals surface area contributed by atoms with Crippen LogP contribution in [0.2, 0.25) is 0 Å². The number of hydrogen-bond donors (Lipinski definition) is 1. The lowest BCUT2D eigenvalue weighted by atomic mass is 9.92. The van der Waals surface area contributed by atoms with Crippen molar-refractivity contribution >= 4 is 16.9 Å². The first-order valence-electron chi connectivity index (χ1n) is 10.2. The normalized spacial score (nSPS) is 22.7. The monoisotopic (exact) mass is 372 g/mol. The van der Waals surface area contributed by atoms with E-state index in [9.17, 15) is 9.18 Å². The molecule has 3 heterocycles. The lowest BCUT2D eigenvalue weighted by Gasteiger charge is -2.40. The summed E-state index contributed by atoms with van der Waals surface area (Å²) in [6.45, 7) is 7.22. The molecular formula is C21H29FN4O. The Morgan fingerprint density at radius 3 is 2.70 bits per heavy atom. The first-order valence-corrected chi connectivity index (χ1v) is 10.2. The third kappa shape index (κ3) is 3.72. The maximum atomic E-state index is 13.5. The molecule has 146 valence electrons. The van der Waals surface area contributed by atoms with Gasteiger partial charge in [0.05, 0.1) is 17.1 Å². The number of likely N-dealkylation sites (tertiary alicyclic amines) is 2. The molecule has 2 aliphatic rings. The number of aromatic nitrogens is 2. The van der Waals surface area contributed by atoms with Crippen molar-refractivity contribution < 1.29 is 9.18 Å². The van der Waals surface area contributed by atoms with Gasteiger partial charge in [0, 0.05) is 18.5 Å². The highest BCUT2D eigenvalue weighted by atomic mass is 19.1. The maximum absolute atomic E-state index is 13.5. The van der Waals surface area contributed by atoms with Crippen LogP contribution in [0.3, 0.4) is 0 Å². The molecule has 1 atom stereocenters. The quantitative estimate of drug-likeness (QED) is 0.890. The van der Waals surface area contributed by atoms with E-state index in [1.807, 2.05) is 4.90 Å². The number of rotatable bonds is 3. The number of fused-ring (bicyclic) bond motifs is 1. The van der Waals surface area contributed by atoms with Crippen LogP contribution in [-0.2, 0) is 4.79 Å². The second-order valence-corrected chi connectivity index (χ2v) is 8.23. The largest absolute Gasteiger partial charge is 0.340 e. The highest BCUT2D eigenvalue weighted by Crippen LogP contribution is 2.33. The number of aromatic amines is 1. The van der Waals surface area contributed by atoms with E-state index in [1.54, 1.807) is 6.07 Å². The van der Waals surface area contributed by atoms with Gasteiger partial charge in [0.1, 0.15) is 11.6 Å². The van der Waals surface area contributed by atoms with Crippen molar-refractivity contribution in [2.45, 2.75) is 58.0 Å². The van der Waals surface area contributed by atoms with Crippen molar-refractivity contribution in [1.29, 1.82) is 0 Å². The Morgan fingerprint density at radius 1 is 1.19 bits per heavy atom. The summed E-state index contributed by atoms with van der Waals surface area (Å²) in [6, 6.07) is 5.12. The van der Waals surface area contributed by atoms with Crippen LogP contribution < -0.4 is 0 Å². The van der Waals surface area contributed by atoms with E-state index in [0.29, 0.717) is 11.6 Å². The zero-order valence-corrected chi connectivity index (χ0v) is 16.2. The van der Waals surface area contributed by atoms with Crippen LogP contribution in [0.5, 0.6) is 0 Å². The number of amides is 1. The van der Waals surface area contributed by atoms with Crippen molar-refractivity contribution in [3.63, 3.8) is 0 Å². The molecule has 1 amide bonds. The SMILES string of the molecule is CC(C)N1CCC(C(=O)N2CCCCC2c2nc3ccc(F)cc3[nH]2)CC1. The van der Waals surface area contributed by atoms with Crippen LogP contribution in [0.4, 0.5) is 4.39 Å². The van der Waals surface area contributed by atoms with Crippen LogP contribution in [-0.4, -0.2) is 51.4 Å². The summed E-state index contributed by atoms with van der Waals surface area (Å²) in [6.07, 6.45) is 4.92. The van der Waals surface area contributed by atoms with E-state index in [2.05, 4.69) is 28.7 Å². The first kappa shape index (κ1) is 18.4. The van der Waals surface area contributed by atoms with Crippen molar-refractivity contribution in [3.8, 4) is 0 Å². The number of halogens is 1. The van der Waals surface area contributed by atoms with Gasteiger partial charge in [-0.2, -0.15) is 0 Å². The maximum Gasteiger partial charge on any atom is 0.226 e. The Morgan fingerprint density at radius 2 is 1.96 bits per heavy atom. The molecule has 5 nitrogen and oxygen atoms in total. The number of carbonyl (C=O) groups is 1. The molecule has 2 aromatic rings. The topological polar surface area (TPSA) is 52.2 Å². The highest BCUT2D eigenvalue weighted by Gasteiger charge is 2.35. The Balaban J connectivity index is 1.52. The predicted octanol–water partition coefficient (Wildman–Crippen LogP) is 3.88. The van der Waals surface area contributed by atoms with Crippen molar-refractivity contribution in [1.82, 2.24) is 19.8 Å². The molecule has 0 saturated carbocycles. The molecule has 1 aromatic heterocycles. The van der Waals surface area contributed by atoms with Crippen molar-refractivity contribution in [2.75, 3.05) is 19.6 Å². The van der Waals surface area contributed by atoms with Crippen LogP contribution in [0.1, 0.15) is 57.8 Å². The Bertz CT molecular complexity index is 810. The summed E-state index contributed by atoms with van der Waals surface area (Å²) in [5.41, 5.74) is 1.46. The molecule has 2 aliphatic heterocycles. The van der Waals surface area contributed by atoms with Gasteiger partial charge in [-0.15, -0.1) is 0 Å². The number of carbonyl (C=O) groups excluding carboxylic acids is 1. The van der Waals surface area contributed by atoms with E-state index in [4.69, 9.17) is 0 Å². The van der Waals surface area contributed by atoms with Gasteiger partial charge >= 0.3 is 0 Å². The summed E-state index contributed by atoms with van der Waals surface area (Å²) in [5, 5.41) is 0. The van der Waals surface area contributed by atoms with Gasteiger partial charge in [0.2, 0.25) is 5.91 Å². The molecule has 6 heteroatoms. The highest BCUT2D eigenvalue weighted by molar-refractivity contribution is 5.80. The van der Waals surface area contributed by atoms with Gasteiger partial charge in [-0.1, -0.05) is 0 Å².